The summed E-state index contributed by atoms with van der Waals surface area (Å²) in [6.45, 7) is 9.05. The average molecular weight is 333 g/mol. The fourth-order valence-electron chi connectivity index (χ4n) is 3.01. The maximum Gasteiger partial charge on any atom is 0.225 e. The van der Waals surface area contributed by atoms with Gasteiger partial charge in [0.15, 0.2) is 5.96 Å². The molecule has 0 unspecified atom stereocenters. The van der Waals surface area contributed by atoms with E-state index in [1.54, 1.807) is 12.4 Å². The maximum atomic E-state index is 6.04. The van der Waals surface area contributed by atoms with E-state index < -0.39 is 0 Å². The van der Waals surface area contributed by atoms with Crippen LogP contribution in [0.5, 0.6) is 0 Å². The fourth-order valence-corrected chi connectivity index (χ4v) is 3.01. The monoisotopic (exact) mass is 333 g/mol. The van der Waals surface area contributed by atoms with Crippen molar-refractivity contribution in [1.82, 2.24) is 19.8 Å². The van der Waals surface area contributed by atoms with Gasteiger partial charge in [-0.25, -0.2) is 9.97 Å². The minimum absolute atomic E-state index is 0.657. The Labute approximate surface area is 143 Å². The molecule has 0 aromatic carbocycles. The van der Waals surface area contributed by atoms with Gasteiger partial charge < -0.3 is 20.3 Å². The van der Waals surface area contributed by atoms with E-state index in [-0.39, 0.29) is 0 Å². The van der Waals surface area contributed by atoms with Crippen LogP contribution in [-0.4, -0.2) is 91.3 Å². The zero-order valence-corrected chi connectivity index (χ0v) is 14.2. The van der Waals surface area contributed by atoms with Crippen molar-refractivity contribution >= 4 is 11.9 Å². The minimum Gasteiger partial charge on any atom is -0.378 e. The molecule has 0 spiro atoms. The second-order valence-electron chi connectivity index (χ2n) is 6.07. The van der Waals surface area contributed by atoms with Gasteiger partial charge in [-0.15, -0.1) is 0 Å². The summed E-state index contributed by atoms with van der Waals surface area (Å²) < 4.78 is 5.32. The van der Waals surface area contributed by atoms with Crippen LogP contribution in [0.2, 0.25) is 0 Å². The maximum absolute atomic E-state index is 6.04. The standard InChI is InChI=1S/C16H27N7O/c17-15(22-11-13-24-14-12-22)18-5-2-6-21-7-9-23(10-8-21)16-19-3-1-4-20-16/h1,3-4H,2,5-14H2,(H2,17,18). The third-order valence-electron chi connectivity index (χ3n) is 4.45. The molecule has 1 aromatic rings. The molecule has 2 aliphatic heterocycles. The van der Waals surface area contributed by atoms with Gasteiger partial charge >= 0.3 is 0 Å². The molecule has 2 saturated heterocycles. The van der Waals surface area contributed by atoms with Crippen molar-refractivity contribution in [3.8, 4) is 0 Å². The van der Waals surface area contributed by atoms with E-state index in [9.17, 15) is 0 Å². The highest BCUT2D eigenvalue weighted by atomic mass is 16.5. The number of nitrogens with zero attached hydrogens (tertiary/aromatic N) is 6. The van der Waals surface area contributed by atoms with Crippen LogP contribution in [0.3, 0.4) is 0 Å². The molecular weight excluding hydrogens is 306 g/mol. The predicted molar refractivity (Wildman–Crippen MR) is 94.2 cm³/mol. The molecular formula is C16H27N7O. The van der Waals surface area contributed by atoms with E-state index in [0.717, 1.165) is 77.9 Å². The SMILES string of the molecule is NC(=NCCCN1CCN(c2ncccn2)CC1)N1CCOCC1. The Bertz CT molecular complexity index is 510. The van der Waals surface area contributed by atoms with Gasteiger partial charge in [0.1, 0.15) is 0 Å². The highest BCUT2D eigenvalue weighted by Crippen LogP contribution is 2.09. The van der Waals surface area contributed by atoms with Gasteiger partial charge in [0.2, 0.25) is 5.95 Å². The molecule has 0 amide bonds. The number of aromatic nitrogens is 2. The van der Waals surface area contributed by atoms with Crippen LogP contribution in [0.4, 0.5) is 5.95 Å². The minimum atomic E-state index is 0.657. The number of piperazine rings is 1. The number of nitrogens with two attached hydrogens (primary N) is 1. The van der Waals surface area contributed by atoms with E-state index in [4.69, 9.17) is 10.5 Å². The molecule has 132 valence electrons. The molecule has 0 saturated carbocycles. The first-order valence-corrected chi connectivity index (χ1v) is 8.70. The Hall–Kier alpha value is -1.93. The normalized spacial score (nSPS) is 20.4. The second kappa shape index (κ2) is 8.79. The lowest BCUT2D eigenvalue weighted by Crippen LogP contribution is -2.47. The van der Waals surface area contributed by atoms with Crippen LogP contribution in [0.25, 0.3) is 0 Å². The third-order valence-corrected chi connectivity index (χ3v) is 4.45. The third kappa shape index (κ3) is 4.78. The van der Waals surface area contributed by atoms with Crippen molar-refractivity contribution in [2.45, 2.75) is 6.42 Å². The Morgan fingerprint density at radius 2 is 1.79 bits per heavy atom. The smallest absolute Gasteiger partial charge is 0.225 e. The van der Waals surface area contributed by atoms with Gasteiger partial charge in [0, 0.05) is 64.8 Å². The Balaban J connectivity index is 1.33. The number of anilines is 1. The second-order valence-corrected chi connectivity index (χ2v) is 6.07. The summed E-state index contributed by atoms with van der Waals surface area (Å²) in [6, 6.07) is 1.85. The number of ether oxygens (including phenoxy) is 1. The van der Waals surface area contributed by atoms with Crippen LogP contribution < -0.4 is 10.6 Å². The van der Waals surface area contributed by atoms with Gasteiger partial charge in [-0.2, -0.15) is 0 Å². The molecule has 0 radical (unpaired) electrons. The molecule has 3 heterocycles. The highest BCUT2D eigenvalue weighted by molar-refractivity contribution is 5.78. The summed E-state index contributed by atoms with van der Waals surface area (Å²) >= 11 is 0. The summed E-state index contributed by atoms with van der Waals surface area (Å²) in [5.41, 5.74) is 6.04. The molecule has 0 atom stereocenters. The van der Waals surface area contributed by atoms with Crippen LogP contribution in [0, 0.1) is 0 Å². The number of rotatable bonds is 5. The molecule has 2 fully saturated rings. The van der Waals surface area contributed by atoms with E-state index in [1.807, 2.05) is 6.07 Å². The van der Waals surface area contributed by atoms with Gasteiger partial charge in [-0.05, 0) is 12.5 Å². The first-order chi connectivity index (χ1) is 11.8. The van der Waals surface area contributed by atoms with Crippen molar-refractivity contribution in [3.05, 3.63) is 18.5 Å². The number of guanidine groups is 1. The predicted octanol–water partition coefficient (Wildman–Crippen LogP) is -0.364. The van der Waals surface area contributed by atoms with Crippen LogP contribution >= 0.6 is 0 Å². The first kappa shape index (κ1) is 16.9. The molecule has 3 rings (SSSR count). The lowest BCUT2D eigenvalue weighted by Gasteiger charge is -2.34. The van der Waals surface area contributed by atoms with Crippen molar-refractivity contribution in [1.29, 1.82) is 0 Å². The number of hydrogen-bond donors (Lipinski definition) is 1. The Morgan fingerprint density at radius 1 is 1.08 bits per heavy atom. The Morgan fingerprint density at radius 3 is 2.50 bits per heavy atom. The van der Waals surface area contributed by atoms with Gasteiger partial charge in [-0.3, -0.25) is 9.89 Å². The Kier molecular flexibility index (Phi) is 6.20. The lowest BCUT2D eigenvalue weighted by atomic mass is 10.3. The zero-order chi connectivity index (χ0) is 16.6. The number of hydrogen-bond acceptors (Lipinski definition) is 6. The molecule has 2 aliphatic rings. The summed E-state index contributed by atoms with van der Waals surface area (Å²) in [5, 5.41) is 0. The van der Waals surface area contributed by atoms with Crippen LogP contribution in [0.1, 0.15) is 6.42 Å². The molecule has 0 bridgehead atoms. The first-order valence-electron chi connectivity index (χ1n) is 8.70. The highest BCUT2D eigenvalue weighted by Gasteiger charge is 2.18. The van der Waals surface area contributed by atoms with Gasteiger partial charge in [-0.1, -0.05) is 0 Å². The average Bonchev–Trinajstić information content (AvgIpc) is 2.67. The van der Waals surface area contributed by atoms with Crippen molar-refractivity contribution in [2.24, 2.45) is 10.7 Å². The van der Waals surface area contributed by atoms with E-state index in [0.29, 0.717) is 5.96 Å². The summed E-state index contributed by atoms with van der Waals surface area (Å²) in [5.74, 6) is 1.49. The van der Waals surface area contributed by atoms with Crippen molar-refractivity contribution in [3.63, 3.8) is 0 Å². The van der Waals surface area contributed by atoms with Crippen molar-refractivity contribution < 1.29 is 4.74 Å². The molecule has 2 N–H and O–H groups in total. The van der Waals surface area contributed by atoms with Crippen LogP contribution in [0.15, 0.2) is 23.5 Å². The molecule has 24 heavy (non-hydrogen) atoms. The van der Waals surface area contributed by atoms with E-state index in [2.05, 4.69) is 29.7 Å². The lowest BCUT2D eigenvalue weighted by molar-refractivity contribution is 0.0674. The van der Waals surface area contributed by atoms with Crippen LogP contribution in [-0.2, 0) is 4.74 Å². The molecule has 8 heteroatoms. The summed E-state index contributed by atoms with van der Waals surface area (Å²) in [6.07, 6.45) is 4.63. The van der Waals surface area contributed by atoms with Gasteiger partial charge in [0.05, 0.1) is 13.2 Å². The van der Waals surface area contributed by atoms with Crippen molar-refractivity contribution in [2.75, 3.05) is 70.5 Å². The topological polar surface area (TPSA) is 83.1 Å². The molecule has 8 nitrogen and oxygen atoms in total. The largest absolute Gasteiger partial charge is 0.378 e. The fraction of sp³-hybridized carbons (Fsp3) is 0.688. The van der Waals surface area contributed by atoms with Gasteiger partial charge in [0.25, 0.3) is 0 Å². The molecule has 0 aliphatic carbocycles. The summed E-state index contributed by atoms with van der Waals surface area (Å²) in [7, 11) is 0. The summed E-state index contributed by atoms with van der Waals surface area (Å²) in [4.78, 5) is 20.0. The quantitative estimate of drug-likeness (QED) is 0.447. The number of aliphatic imine (C=N–C) groups is 1. The van der Waals surface area contributed by atoms with E-state index in [1.165, 1.54) is 0 Å². The van der Waals surface area contributed by atoms with E-state index >= 15 is 0 Å². The number of morpholine rings is 1. The zero-order valence-electron chi connectivity index (χ0n) is 14.2. The molecule has 1 aromatic heterocycles.